The van der Waals surface area contributed by atoms with Gasteiger partial charge in [-0.2, -0.15) is 0 Å². The molecule has 2 rings (SSSR count). The van der Waals surface area contributed by atoms with Crippen molar-refractivity contribution < 1.29 is 32.2 Å². The molecule has 1 N–H and O–H groups in total. The van der Waals surface area contributed by atoms with Crippen LogP contribution in [-0.4, -0.2) is 52.4 Å². The fourth-order valence-electron chi connectivity index (χ4n) is 2.56. The predicted molar refractivity (Wildman–Crippen MR) is 109 cm³/mol. The van der Waals surface area contributed by atoms with Gasteiger partial charge < -0.3 is 19.5 Å². The summed E-state index contributed by atoms with van der Waals surface area (Å²) < 4.78 is 40.1. The zero-order chi connectivity index (χ0) is 21.4. The van der Waals surface area contributed by atoms with E-state index in [1.54, 1.807) is 24.3 Å². The second-order valence-corrected chi connectivity index (χ2v) is 8.09. The average molecular weight is 421 g/mol. The molecule has 0 aromatic heterocycles. The number of ketones is 1. The predicted octanol–water partition coefficient (Wildman–Crippen LogP) is 2.34. The first-order chi connectivity index (χ1) is 13.8. The van der Waals surface area contributed by atoms with E-state index in [1.165, 1.54) is 32.4 Å². The number of ether oxygens (including phenoxy) is 3. The third kappa shape index (κ3) is 6.49. The number of hydrogen-bond donors (Lipinski definition) is 1. The maximum absolute atomic E-state index is 12.4. The summed E-state index contributed by atoms with van der Waals surface area (Å²) in [5.74, 6) is -1.73. The maximum atomic E-state index is 12.4. The van der Waals surface area contributed by atoms with Crippen molar-refractivity contribution in [1.29, 1.82) is 0 Å². The van der Waals surface area contributed by atoms with Gasteiger partial charge in [0.05, 0.1) is 26.4 Å². The molecule has 0 unspecified atom stereocenters. The number of nitrogens with one attached hydrogen (secondary N) is 1. The molecule has 1 amide bonds. The minimum Gasteiger partial charge on any atom is -0.497 e. The fourth-order valence-corrected chi connectivity index (χ4v) is 3.68. The minimum atomic E-state index is -3.98. The van der Waals surface area contributed by atoms with Gasteiger partial charge in [-0.25, -0.2) is 8.42 Å². The highest BCUT2D eigenvalue weighted by Gasteiger charge is 2.24. The Bertz CT molecular complexity index is 969. The molecule has 0 heterocycles. The summed E-state index contributed by atoms with van der Waals surface area (Å²) in [6, 6.07) is 11.0. The highest BCUT2D eigenvalue weighted by molar-refractivity contribution is 7.92. The van der Waals surface area contributed by atoms with Crippen LogP contribution in [0.4, 0.5) is 5.69 Å². The van der Waals surface area contributed by atoms with E-state index in [1.807, 2.05) is 6.92 Å². The molecule has 2 aromatic carbocycles. The Morgan fingerprint density at radius 2 is 1.59 bits per heavy atom. The summed E-state index contributed by atoms with van der Waals surface area (Å²) in [5.41, 5.74) is 0.528. The van der Waals surface area contributed by atoms with Gasteiger partial charge in [-0.1, -0.05) is 0 Å². The van der Waals surface area contributed by atoms with Crippen LogP contribution in [0.3, 0.4) is 0 Å². The van der Waals surface area contributed by atoms with Crippen LogP contribution in [0.1, 0.15) is 17.3 Å². The molecule has 0 aliphatic rings. The molecule has 0 aliphatic carbocycles. The second kappa shape index (κ2) is 9.92. The standard InChI is InChI=1S/C20H23NO7S/c1-4-28-15-7-5-14(6-8-15)21-20(23)13-29(24,25)12-18(22)17-10-9-16(26-2)11-19(17)27-3/h5-11H,4,12-13H2,1-3H3,(H,21,23). The zero-order valence-electron chi connectivity index (χ0n) is 16.4. The van der Waals surface area contributed by atoms with Crippen LogP contribution in [0, 0.1) is 0 Å². The van der Waals surface area contributed by atoms with Crippen LogP contribution in [-0.2, 0) is 14.6 Å². The first kappa shape index (κ1) is 22.2. The Labute approximate surface area is 169 Å². The largest absolute Gasteiger partial charge is 0.497 e. The van der Waals surface area contributed by atoms with Gasteiger partial charge in [0.2, 0.25) is 5.91 Å². The van der Waals surface area contributed by atoms with E-state index in [0.29, 0.717) is 23.8 Å². The molecule has 0 radical (unpaired) electrons. The number of methoxy groups -OCH3 is 2. The number of carbonyl (C=O) groups excluding carboxylic acids is 2. The second-order valence-electron chi connectivity index (χ2n) is 6.03. The van der Waals surface area contributed by atoms with Gasteiger partial charge in [-0.3, -0.25) is 9.59 Å². The van der Waals surface area contributed by atoms with Crippen molar-refractivity contribution in [2.24, 2.45) is 0 Å². The monoisotopic (exact) mass is 421 g/mol. The van der Waals surface area contributed by atoms with Crippen molar-refractivity contribution in [3.8, 4) is 17.2 Å². The molecule has 2 aromatic rings. The number of carbonyl (C=O) groups is 2. The van der Waals surface area contributed by atoms with Crippen molar-refractivity contribution in [3.05, 3.63) is 48.0 Å². The van der Waals surface area contributed by atoms with Gasteiger partial charge in [0.1, 0.15) is 28.8 Å². The van der Waals surface area contributed by atoms with Gasteiger partial charge in [0.25, 0.3) is 0 Å². The zero-order valence-corrected chi connectivity index (χ0v) is 17.2. The molecule has 8 nitrogen and oxygen atoms in total. The van der Waals surface area contributed by atoms with Crippen molar-refractivity contribution in [1.82, 2.24) is 0 Å². The first-order valence-electron chi connectivity index (χ1n) is 8.76. The van der Waals surface area contributed by atoms with E-state index in [4.69, 9.17) is 14.2 Å². The van der Waals surface area contributed by atoms with Crippen molar-refractivity contribution >= 4 is 27.2 Å². The summed E-state index contributed by atoms with van der Waals surface area (Å²) in [5, 5.41) is 2.49. The maximum Gasteiger partial charge on any atom is 0.239 e. The lowest BCUT2D eigenvalue weighted by molar-refractivity contribution is -0.113. The number of anilines is 1. The number of amides is 1. The van der Waals surface area contributed by atoms with Crippen LogP contribution >= 0.6 is 0 Å². The third-order valence-electron chi connectivity index (χ3n) is 3.86. The Morgan fingerprint density at radius 1 is 0.931 bits per heavy atom. The molecule has 29 heavy (non-hydrogen) atoms. The van der Waals surface area contributed by atoms with Gasteiger partial charge >= 0.3 is 0 Å². The quantitative estimate of drug-likeness (QED) is 0.587. The minimum absolute atomic E-state index is 0.101. The van der Waals surface area contributed by atoms with Crippen molar-refractivity contribution in [2.75, 3.05) is 37.6 Å². The van der Waals surface area contributed by atoms with E-state index in [0.717, 1.165) is 0 Å². The lowest BCUT2D eigenvalue weighted by atomic mass is 10.1. The molecule has 9 heteroatoms. The van der Waals surface area contributed by atoms with E-state index >= 15 is 0 Å². The van der Waals surface area contributed by atoms with E-state index in [-0.39, 0.29) is 11.3 Å². The van der Waals surface area contributed by atoms with Gasteiger partial charge in [-0.15, -0.1) is 0 Å². The van der Waals surface area contributed by atoms with Crippen LogP contribution in [0.15, 0.2) is 42.5 Å². The smallest absolute Gasteiger partial charge is 0.239 e. The molecule has 0 bridgehead atoms. The van der Waals surface area contributed by atoms with Gasteiger partial charge in [-0.05, 0) is 43.3 Å². The summed E-state index contributed by atoms with van der Waals surface area (Å²) in [7, 11) is -1.15. The Hall–Kier alpha value is -3.07. The summed E-state index contributed by atoms with van der Waals surface area (Å²) >= 11 is 0. The highest BCUT2D eigenvalue weighted by atomic mass is 32.2. The number of Topliss-reactive ketones (excluding diaryl/α,β-unsaturated/α-hetero) is 1. The Balaban J connectivity index is 2.01. The number of rotatable bonds is 10. The molecule has 0 spiro atoms. The van der Waals surface area contributed by atoms with Gasteiger partial charge in [0.15, 0.2) is 15.6 Å². The summed E-state index contributed by atoms with van der Waals surface area (Å²) in [4.78, 5) is 24.5. The third-order valence-corrected chi connectivity index (χ3v) is 5.26. The summed E-state index contributed by atoms with van der Waals surface area (Å²) in [6.07, 6.45) is 0. The molecule has 0 atom stereocenters. The fraction of sp³-hybridized carbons (Fsp3) is 0.300. The van der Waals surface area contributed by atoms with E-state index in [2.05, 4.69) is 5.32 Å². The van der Waals surface area contributed by atoms with Crippen molar-refractivity contribution in [2.45, 2.75) is 6.92 Å². The van der Waals surface area contributed by atoms with Crippen LogP contribution < -0.4 is 19.5 Å². The summed E-state index contributed by atoms with van der Waals surface area (Å²) in [6.45, 7) is 2.36. The molecule has 156 valence electrons. The molecule has 0 aliphatic heterocycles. The molecule has 0 fully saturated rings. The van der Waals surface area contributed by atoms with Crippen LogP contribution in [0.25, 0.3) is 0 Å². The SMILES string of the molecule is CCOc1ccc(NC(=O)CS(=O)(=O)CC(=O)c2ccc(OC)cc2OC)cc1. The van der Waals surface area contributed by atoms with E-state index in [9.17, 15) is 18.0 Å². The number of hydrogen-bond acceptors (Lipinski definition) is 7. The molecule has 0 saturated heterocycles. The van der Waals surface area contributed by atoms with E-state index < -0.39 is 33.0 Å². The van der Waals surface area contributed by atoms with Gasteiger partial charge in [0, 0.05) is 11.8 Å². The Morgan fingerprint density at radius 3 is 2.17 bits per heavy atom. The topological polar surface area (TPSA) is 108 Å². The number of benzene rings is 2. The highest BCUT2D eigenvalue weighted by Crippen LogP contribution is 2.25. The van der Waals surface area contributed by atoms with Crippen molar-refractivity contribution in [3.63, 3.8) is 0 Å². The normalized spacial score (nSPS) is 10.9. The molecular weight excluding hydrogens is 398 g/mol. The molecule has 0 saturated carbocycles. The first-order valence-corrected chi connectivity index (χ1v) is 10.6. The lowest BCUT2D eigenvalue weighted by Gasteiger charge is -2.10. The Kier molecular flexibility index (Phi) is 7.60. The molecular formula is C20H23NO7S. The number of sulfone groups is 1. The van der Waals surface area contributed by atoms with Crippen LogP contribution in [0.2, 0.25) is 0 Å². The lowest BCUT2D eigenvalue weighted by Crippen LogP contribution is -2.27. The van der Waals surface area contributed by atoms with Crippen LogP contribution in [0.5, 0.6) is 17.2 Å². The average Bonchev–Trinajstić information content (AvgIpc) is 2.68.